The van der Waals surface area contributed by atoms with Crippen LogP contribution in [0.25, 0.3) is 0 Å². The number of nitrogens with zero attached hydrogens (tertiary/aromatic N) is 3. The Balaban J connectivity index is 1.69. The van der Waals surface area contributed by atoms with Crippen LogP contribution in [0.15, 0.2) is 4.52 Å². The minimum atomic E-state index is 0.340. The number of thioether (sulfide) groups is 1. The van der Waals surface area contributed by atoms with E-state index < -0.39 is 0 Å². The molecule has 2 unspecified atom stereocenters. The predicted octanol–water partition coefficient (Wildman–Crippen LogP) is 0.715. The van der Waals surface area contributed by atoms with Crippen molar-refractivity contribution in [1.29, 1.82) is 0 Å². The molecule has 0 radical (unpaired) electrons. The van der Waals surface area contributed by atoms with Gasteiger partial charge in [0, 0.05) is 30.6 Å². The Kier molecular flexibility index (Phi) is 4.24. The summed E-state index contributed by atoms with van der Waals surface area (Å²) in [5.74, 6) is 4.01. The van der Waals surface area contributed by atoms with Crippen LogP contribution in [0.4, 0.5) is 5.95 Å². The Morgan fingerprint density at radius 3 is 3.00 bits per heavy atom. The van der Waals surface area contributed by atoms with Gasteiger partial charge in [0.2, 0.25) is 5.89 Å². The van der Waals surface area contributed by atoms with Gasteiger partial charge in [-0.15, -0.1) is 0 Å². The largest absolute Gasteiger partial charge is 0.378 e. The molecule has 1 aromatic heterocycles. The van der Waals surface area contributed by atoms with Crippen molar-refractivity contribution in [3.8, 4) is 0 Å². The summed E-state index contributed by atoms with van der Waals surface area (Å²) in [5, 5.41) is 7.63. The predicted molar refractivity (Wildman–Crippen MR) is 74.9 cm³/mol. The number of rotatable bonds is 4. The van der Waals surface area contributed by atoms with Crippen molar-refractivity contribution in [2.24, 2.45) is 0 Å². The van der Waals surface area contributed by atoms with Crippen LogP contribution >= 0.6 is 11.8 Å². The highest BCUT2D eigenvalue weighted by Crippen LogP contribution is 2.32. The van der Waals surface area contributed by atoms with Crippen LogP contribution in [-0.2, 0) is 4.74 Å². The van der Waals surface area contributed by atoms with Crippen LogP contribution in [0.1, 0.15) is 18.7 Å². The summed E-state index contributed by atoms with van der Waals surface area (Å²) < 4.78 is 10.8. The summed E-state index contributed by atoms with van der Waals surface area (Å²) in [7, 11) is 0. The first-order valence-electron chi connectivity index (χ1n) is 6.86. The number of nitrogens with one attached hydrogen (secondary N) is 1. The van der Waals surface area contributed by atoms with Crippen LogP contribution in [0.3, 0.4) is 0 Å². The lowest BCUT2D eigenvalue weighted by Crippen LogP contribution is -2.37. The first-order valence-corrected chi connectivity index (χ1v) is 8.01. The molecule has 106 valence electrons. The van der Waals surface area contributed by atoms with Crippen molar-refractivity contribution in [2.75, 3.05) is 49.3 Å². The van der Waals surface area contributed by atoms with Crippen LogP contribution in [-0.4, -0.2) is 60.5 Å². The van der Waals surface area contributed by atoms with Gasteiger partial charge in [-0.1, -0.05) is 6.92 Å². The molecule has 3 rings (SSSR count). The molecule has 0 saturated carbocycles. The van der Waals surface area contributed by atoms with E-state index >= 15 is 0 Å². The summed E-state index contributed by atoms with van der Waals surface area (Å²) in [6.07, 6.45) is 0. The van der Waals surface area contributed by atoms with Gasteiger partial charge in [-0.05, 0) is 11.7 Å². The van der Waals surface area contributed by atoms with Gasteiger partial charge in [-0.2, -0.15) is 16.7 Å². The van der Waals surface area contributed by atoms with Crippen molar-refractivity contribution in [1.82, 2.24) is 15.5 Å². The molecule has 1 aromatic rings. The fraction of sp³-hybridized carbons (Fsp3) is 0.833. The molecule has 0 bridgehead atoms. The summed E-state index contributed by atoms with van der Waals surface area (Å²) in [4.78, 5) is 6.71. The van der Waals surface area contributed by atoms with E-state index in [0.29, 0.717) is 17.9 Å². The monoisotopic (exact) mass is 284 g/mol. The van der Waals surface area contributed by atoms with Crippen LogP contribution < -0.4 is 10.2 Å². The Morgan fingerprint density at radius 1 is 1.37 bits per heavy atom. The van der Waals surface area contributed by atoms with Crippen molar-refractivity contribution in [2.45, 2.75) is 18.9 Å². The third-order valence-electron chi connectivity index (χ3n) is 3.59. The van der Waals surface area contributed by atoms with Crippen molar-refractivity contribution < 1.29 is 9.26 Å². The summed E-state index contributed by atoms with van der Waals surface area (Å²) >= 11 is 1.95. The topological polar surface area (TPSA) is 63.4 Å². The molecule has 7 heteroatoms. The first kappa shape index (κ1) is 13.2. The average Bonchev–Trinajstić information content (AvgIpc) is 3.08. The van der Waals surface area contributed by atoms with Gasteiger partial charge in [0.1, 0.15) is 0 Å². The molecule has 6 nitrogen and oxygen atoms in total. The van der Waals surface area contributed by atoms with E-state index in [1.165, 1.54) is 0 Å². The number of hydrogen-bond acceptors (Lipinski definition) is 7. The molecule has 2 saturated heterocycles. The van der Waals surface area contributed by atoms with Crippen LogP contribution in [0.5, 0.6) is 0 Å². The number of hydrogen-bond donors (Lipinski definition) is 1. The molecule has 19 heavy (non-hydrogen) atoms. The summed E-state index contributed by atoms with van der Waals surface area (Å²) in [6.45, 7) is 6.27. The fourth-order valence-electron chi connectivity index (χ4n) is 2.53. The fourth-order valence-corrected chi connectivity index (χ4v) is 3.90. The highest BCUT2D eigenvalue weighted by molar-refractivity contribution is 7.99. The normalized spacial score (nSPS) is 27.9. The van der Waals surface area contributed by atoms with Crippen molar-refractivity contribution in [3.05, 3.63) is 5.89 Å². The molecule has 0 aliphatic carbocycles. The standard InChI is InChI=1S/C12H20N4O2S/c1-2-13-10-8-19-7-9(10)11-14-12(15-18-11)16-3-5-17-6-4-16/h9-10,13H,2-8H2,1H3. The molecule has 0 aromatic carbocycles. The number of morpholine rings is 1. The van der Waals surface area contributed by atoms with Gasteiger partial charge >= 0.3 is 0 Å². The van der Waals surface area contributed by atoms with Gasteiger partial charge < -0.3 is 19.5 Å². The minimum absolute atomic E-state index is 0.340. The number of aromatic nitrogens is 2. The second kappa shape index (κ2) is 6.11. The van der Waals surface area contributed by atoms with Gasteiger partial charge in [-0.3, -0.25) is 0 Å². The average molecular weight is 284 g/mol. The van der Waals surface area contributed by atoms with Gasteiger partial charge in [0.15, 0.2) is 0 Å². The lowest BCUT2D eigenvalue weighted by molar-refractivity contribution is 0.121. The first-order chi connectivity index (χ1) is 9.38. The third-order valence-corrected chi connectivity index (χ3v) is 4.78. The van der Waals surface area contributed by atoms with Crippen molar-refractivity contribution in [3.63, 3.8) is 0 Å². The second-order valence-corrected chi connectivity index (χ2v) is 5.92. The molecule has 2 atom stereocenters. The van der Waals surface area contributed by atoms with Gasteiger partial charge in [0.25, 0.3) is 5.95 Å². The maximum atomic E-state index is 5.48. The van der Waals surface area contributed by atoms with E-state index in [1.807, 2.05) is 11.8 Å². The quantitative estimate of drug-likeness (QED) is 0.873. The lowest BCUT2D eigenvalue weighted by atomic mass is 10.0. The molecular weight excluding hydrogens is 264 g/mol. The molecule has 2 fully saturated rings. The van der Waals surface area contributed by atoms with Crippen molar-refractivity contribution >= 4 is 17.7 Å². The number of anilines is 1. The molecule has 1 N–H and O–H groups in total. The van der Waals surface area contributed by atoms with Gasteiger partial charge in [0.05, 0.1) is 19.1 Å². The van der Waals surface area contributed by atoms with Crippen LogP contribution in [0, 0.1) is 0 Å². The third kappa shape index (κ3) is 2.88. The van der Waals surface area contributed by atoms with Gasteiger partial charge in [-0.25, -0.2) is 0 Å². The van der Waals surface area contributed by atoms with Crippen LogP contribution in [0.2, 0.25) is 0 Å². The maximum absolute atomic E-state index is 5.48. The summed E-state index contributed by atoms with van der Waals surface area (Å²) in [5.41, 5.74) is 0. The van der Waals surface area contributed by atoms with E-state index in [0.717, 1.165) is 50.2 Å². The molecule has 0 spiro atoms. The van der Waals surface area contributed by atoms with E-state index in [1.54, 1.807) is 0 Å². The Morgan fingerprint density at radius 2 is 2.21 bits per heavy atom. The lowest BCUT2D eigenvalue weighted by Gasteiger charge is -2.24. The number of ether oxygens (including phenoxy) is 1. The molecular formula is C12H20N4O2S. The maximum Gasteiger partial charge on any atom is 0.266 e. The molecule has 2 aliphatic rings. The highest BCUT2D eigenvalue weighted by Gasteiger charge is 2.33. The zero-order valence-corrected chi connectivity index (χ0v) is 12.0. The highest BCUT2D eigenvalue weighted by atomic mass is 32.2. The zero-order valence-electron chi connectivity index (χ0n) is 11.2. The van der Waals surface area contributed by atoms with E-state index in [4.69, 9.17) is 9.26 Å². The molecule has 2 aliphatic heterocycles. The smallest absolute Gasteiger partial charge is 0.266 e. The van der Waals surface area contributed by atoms with E-state index in [-0.39, 0.29) is 0 Å². The Labute approximate surface area is 117 Å². The Hall–Kier alpha value is -0.790. The Bertz CT molecular complexity index is 408. The van der Waals surface area contributed by atoms with E-state index in [2.05, 4.69) is 27.3 Å². The minimum Gasteiger partial charge on any atom is -0.378 e. The molecule has 0 amide bonds. The SMILES string of the molecule is CCNC1CSCC1c1nc(N2CCOCC2)no1. The van der Waals surface area contributed by atoms with E-state index in [9.17, 15) is 0 Å². The zero-order chi connectivity index (χ0) is 13.1. The number of likely N-dealkylation sites (N-methyl/N-ethyl adjacent to an activating group) is 1. The summed E-state index contributed by atoms with van der Waals surface area (Å²) in [6, 6.07) is 0.452. The molecule has 3 heterocycles. The second-order valence-electron chi connectivity index (χ2n) is 4.84.